The molecular weight excluding hydrogens is 432 g/mol. The Bertz CT molecular complexity index is 1280. The maximum atomic E-state index is 12.7. The van der Waals surface area contributed by atoms with E-state index < -0.39 is 0 Å². The number of thiazole rings is 1. The predicted octanol–water partition coefficient (Wildman–Crippen LogP) is 4.71. The van der Waals surface area contributed by atoms with Gasteiger partial charge in [-0.1, -0.05) is 12.1 Å². The van der Waals surface area contributed by atoms with Crippen LogP contribution in [0.4, 0.5) is 11.8 Å². The highest BCUT2D eigenvalue weighted by atomic mass is 32.1. The first-order chi connectivity index (χ1) is 16.1. The van der Waals surface area contributed by atoms with Crippen LogP contribution >= 0.6 is 11.3 Å². The second kappa shape index (κ2) is 9.31. The van der Waals surface area contributed by atoms with Crippen molar-refractivity contribution in [3.63, 3.8) is 0 Å². The third-order valence-electron chi connectivity index (χ3n) is 6.33. The summed E-state index contributed by atoms with van der Waals surface area (Å²) in [6.45, 7) is 0.841. The molecule has 4 aromatic rings. The number of nitrogens with zero attached hydrogens (tertiary/aromatic N) is 4. The first kappa shape index (κ1) is 21.6. The van der Waals surface area contributed by atoms with Gasteiger partial charge in [-0.3, -0.25) is 4.79 Å². The lowest BCUT2D eigenvalue weighted by Gasteiger charge is -2.29. The SMILES string of the molecule is CN(C)c1nc(NCC2CCC(NC(=O)c3ccc4ncsc4c3)CC2)nc2ccccc12. The standard InChI is InChI=1S/C25H28N6OS/c1-31(2)23-19-5-3-4-6-20(19)29-25(30-23)26-14-16-7-10-18(11-8-16)28-24(32)17-9-12-21-22(13-17)33-15-27-21/h3-6,9,12-13,15-16,18H,7-8,10-11,14H2,1-2H3,(H,28,32)(H,26,29,30). The van der Waals surface area contributed by atoms with Gasteiger partial charge in [-0.25, -0.2) is 9.97 Å². The molecule has 1 aliphatic rings. The Balaban J connectivity index is 1.15. The number of hydrogen-bond acceptors (Lipinski definition) is 7. The average molecular weight is 461 g/mol. The number of rotatable bonds is 6. The quantitative estimate of drug-likeness (QED) is 0.434. The number of aromatic nitrogens is 3. The van der Waals surface area contributed by atoms with Crippen molar-refractivity contribution in [2.45, 2.75) is 31.7 Å². The molecule has 5 rings (SSSR count). The molecule has 2 heterocycles. The van der Waals surface area contributed by atoms with Crippen LogP contribution in [0.5, 0.6) is 0 Å². The zero-order valence-electron chi connectivity index (χ0n) is 18.9. The number of anilines is 2. The fourth-order valence-electron chi connectivity index (χ4n) is 4.49. The molecule has 1 fully saturated rings. The molecule has 7 nitrogen and oxygen atoms in total. The Hall–Kier alpha value is -3.26. The molecule has 0 atom stereocenters. The van der Waals surface area contributed by atoms with Crippen LogP contribution in [0.3, 0.4) is 0 Å². The molecule has 1 aliphatic carbocycles. The zero-order chi connectivity index (χ0) is 22.8. The summed E-state index contributed by atoms with van der Waals surface area (Å²) in [5, 5.41) is 7.73. The molecule has 0 aliphatic heterocycles. The van der Waals surface area contributed by atoms with E-state index in [-0.39, 0.29) is 11.9 Å². The van der Waals surface area contributed by atoms with Gasteiger partial charge in [-0.2, -0.15) is 4.98 Å². The molecule has 0 radical (unpaired) electrons. The van der Waals surface area contributed by atoms with Gasteiger partial charge < -0.3 is 15.5 Å². The van der Waals surface area contributed by atoms with Gasteiger partial charge in [0.15, 0.2) is 0 Å². The molecule has 0 spiro atoms. The van der Waals surface area contributed by atoms with E-state index in [1.807, 2.05) is 60.9 Å². The van der Waals surface area contributed by atoms with Crippen LogP contribution in [-0.2, 0) is 0 Å². The Morgan fingerprint density at radius 2 is 1.88 bits per heavy atom. The topological polar surface area (TPSA) is 83.0 Å². The molecule has 170 valence electrons. The second-order valence-corrected chi connectivity index (χ2v) is 9.78. The Labute approximate surface area is 197 Å². The van der Waals surface area contributed by atoms with Gasteiger partial charge >= 0.3 is 0 Å². The molecule has 2 aromatic heterocycles. The summed E-state index contributed by atoms with van der Waals surface area (Å²) in [6, 6.07) is 14.0. The molecule has 33 heavy (non-hydrogen) atoms. The van der Waals surface area contributed by atoms with Crippen molar-refractivity contribution < 1.29 is 4.79 Å². The van der Waals surface area contributed by atoms with Crippen LogP contribution in [0, 0.1) is 5.92 Å². The Morgan fingerprint density at radius 1 is 1.06 bits per heavy atom. The predicted molar refractivity (Wildman–Crippen MR) is 135 cm³/mol. The number of fused-ring (bicyclic) bond motifs is 2. The van der Waals surface area contributed by atoms with Gasteiger partial charge in [0.1, 0.15) is 5.82 Å². The van der Waals surface area contributed by atoms with Crippen molar-refractivity contribution in [3.05, 3.63) is 53.5 Å². The van der Waals surface area contributed by atoms with Gasteiger partial charge in [0.05, 0.1) is 21.2 Å². The van der Waals surface area contributed by atoms with Crippen LogP contribution in [0.1, 0.15) is 36.0 Å². The number of para-hydroxylation sites is 1. The molecular formula is C25H28N6OS. The minimum atomic E-state index is 0.00709. The van der Waals surface area contributed by atoms with Crippen molar-refractivity contribution in [1.29, 1.82) is 0 Å². The van der Waals surface area contributed by atoms with E-state index in [1.165, 1.54) is 0 Å². The van der Waals surface area contributed by atoms with E-state index in [0.717, 1.165) is 59.2 Å². The molecule has 2 N–H and O–H groups in total. The van der Waals surface area contributed by atoms with Crippen molar-refractivity contribution in [1.82, 2.24) is 20.3 Å². The van der Waals surface area contributed by atoms with Crippen LogP contribution in [0.25, 0.3) is 21.1 Å². The number of nitrogens with one attached hydrogen (secondary N) is 2. The highest BCUT2D eigenvalue weighted by molar-refractivity contribution is 7.16. The maximum absolute atomic E-state index is 12.7. The first-order valence-corrected chi connectivity index (χ1v) is 12.3. The van der Waals surface area contributed by atoms with E-state index in [4.69, 9.17) is 9.97 Å². The van der Waals surface area contributed by atoms with E-state index in [0.29, 0.717) is 17.4 Å². The second-order valence-electron chi connectivity index (χ2n) is 8.89. The minimum Gasteiger partial charge on any atom is -0.362 e. The summed E-state index contributed by atoms with van der Waals surface area (Å²) >= 11 is 1.56. The van der Waals surface area contributed by atoms with Crippen LogP contribution in [-0.4, -0.2) is 47.5 Å². The molecule has 0 bridgehead atoms. The van der Waals surface area contributed by atoms with Crippen molar-refractivity contribution in [3.8, 4) is 0 Å². The van der Waals surface area contributed by atoms with E-state index >= 15 is 0 Å². The smallest absolute Gasteiger partial charge is 0.251 e. The Kier molecular flexibility index (Phi) is 6.09. The van der Waals surface area contributed by atoms with Crippen LogP contribution in [0.15, 0.2) is 48.0 Å². The van der Waals surface area contributed by atoms with E-state index in [2.05, 4.69) is 21.7 Å². The van der Waals surface area contributed by atoms with Gasteiger partial charge in [-0.15, -0.1) is 11.3 Å². The Morgan fingerprint density at radius 3 is 2.70 bits per heavy atom. The van der Waals surface area contributed by atoms with Crippen molar-refractivity contribution in [2.24, 2.45) is 5.92 Å². The summed E-state index contributed by atoms with van der Waals surface area (Å²) in [5.74, 6) is 2.15. The van der Waals surface area contributed by atoms with E-state index in [9.17, 15) is 4.79 Å². The maximum Gasteiger partial charge on any atom is 0.251 e. The summed E-state index contributed by atoms with van der Waals surface area (Å²) in [7, 11) is 4.01. The largest absolute Gasteiger partial charge is 0.362 e. The monoisotopic (exact) mass is 460 g/mol. The summed E-state index contributed by atoms with van der Waals surface area (Å²) < 4.78 is 1.05. The molecule has 8 heteroatoms. The third-order valence-corrected chi connectivity index (χ3v) is 7.12. The van der Waals surface area contributed by atoms with Gasteiger partial charge in [0.2, 0.25) is 5.95 Å². The number of carbonyl (C=O) groups excluding carboxylic acids is 1. The molecule has 2 aromatic carbocycles. The lowest BCUT2D eigenvalue weighted by Crippen LogP contribution is -2.38. The average Bonchev–Trinajstić information content (AvgIpc) is 3.31. The molecule has 0 saturated heterocycles. The molecule has 1 saturated carbocycles. The fourth-order valence-corrected chi connectivity index (χ4v) is 5.21. The van der Waals surface area contributed by atoms with Gasteiger partial charge in [-0.05, 0) is 61.9 Å². The lowest BCUT2D eigenvalue weighted by molar-refractivity contribution is 0.0923. The third kappa shape index (κ3) is 4.75. The number of carbonyl (C=O) groups is 1. The number of hydrogen-bond donors (Lipinski definition) is 2. The van der Waals surface area contributed by atoms with Crippen LogP contribution in [0.2, 0.25) is 0 Å². The zero-order valence-corrected chi connectivity index (χ0v) is 19.7. The number of amides is 1. The highest BCUT2D eigenvalue weighted by Crippen LogP contribution is 2.27. The lowest BCUT2D eigenvalue weighted by atomic mass is 9.86. The number of benzene rings is 2. The van der Waals surface area contributed by atoms with Gasteiger partial charge in [0, 0.05) is 37.6 Å². The molecule has 1 amide bonds. The normalized spacial score (nSPS) is 18.4. The van der Waals surface area contributed by atoms with Crippen molar-refractivity contribution >= 4 is 50.1 Å². The first-order valence-electron chi connectivity index (χ1n) is 11.4. The minimum absolute atomic E-state index is 0.00709. The van der Waals surface area contributed by atoms with Crippen LogP contribution < -0.4 is 15.5 Å². The van der Waals surface area contributed by atoms with Gasteiger partial charge in [0.25, 0.3) is 5.91 Å². The summed E-state index contributed by atoms with van der Waals surface area (Å²) in [6.07, 6.45) is 4.12. The summed E-state index contributed by atoms with van der Waals surface area (Å²) in [5.41, 5.74) is 4.41. The summed E-state index contributed by atoms with van der Waals surface area (Å²) in [4.78, 5) is 28.4. The molecule has 0 unspecified atom stereocenters. The fraction of sp³-hybridized carbons (Fsp3) is 0.360. The highest BCUT2D eigenvalue weighted by Gasteiger charge is 2.23. The van der Waals surface area contributed by atoms with E-state index in [1.54, 1.807) is 11.3 Å². The van der Waals surface area contributed by atoms with Crippen molar-refractivity contribution in [2.75, 3.05) is 30.9 Å².